The number of likely N-dealkylation sites (N-methyl/N-ethyl adjacent to an activating group) is 1. The van der Waals surface area contributed by atoms with Crippen molar-refractivity contribution in [1.29, 1.82) is 0 Å². The van der Waals surface area contributed by atoms with E-state index in [9.17, 15) is 4.79 Å². The van der Waals surface area contributed by atoms with E-state index in [0.717, 1.165) is 17.5 Å². The minimum absolute atomic E-state index is 0.0471. The lowest BCUT2D eigenvalue weighted by molar-refractivity contribution is -0.125. The number of ether oxygens (including phenoxy) is 2. The third-order valence-electron chi connectivity index (χ3n) is 3.71. The fraction of sp³-hybridized carbons (Fsp3) is 0.286. The maximum atomic E-state index is 12.3. The first-order valence-corrected chi connectivity index (χ1v) is 8.42. The molecule has 1 amide bonds. The van der Waals surface area contributed by atoms with E-state index in [-0.39, 0.29) is 5.91 Å². The van der Waals surface area contributed by atoms with E-state index < -0.39 is 0 Å². The quantitative estimate of drug-likeness (QED) is 0.678. The van der Waals surface area contributed by atoms with Gasteiger partial charge in [-0.1, -0.05) is 43.3 Å². The Morgan fingerprint density at radius 2 is 1.88 bits per heavy atom. The van der Waals surface area contributed by atoms with Crippen LogP contribution in [0.3, 0.4) is 0 Å². The normalized spacial score (nSPS) is 10.7. The summed E-state index contributed by atoms with van der Waals surface area (Å²) < 4.78 is 11.0. The standard InChI is InChI=1S/C21H25NO3/c1-4-14-25-19-12-10-17(15-20(19)24-3)11-13-21(23)22(2)16-18-8-6-5-7-9-18/h5-13,15H,4,14,16H2,1-3H3/b13-11+. The highest BCUT2D eigenvalue weighted by Crippen LogP contribution is 2.28. The second kappa shape index (κ2) is 9.52. The molecule has 25 heavy (non-hydrogen) atoms. The molecule has 0 saturated heterocycles. The fourth-order valence-electron chi connectivity index (χ4n) is 2.35. The number of carbonyl (C=O) groups excluding carboxylic acids is 1. The third kappa shape index (κ3) is 5.68. The number of amides is 1. The maximum absolute atomic E-state index is 12.3. The maximum Gasteiger partial charge on any atom is 0.246 e. The SMILES string of the molecule is CCCOc1ccc(/C=C/C(=O)N(C)Cc2ccccc2)cc1OC. The number of rotatable bonds is 8. The highest BCUT2D eigenvalue weighted by Gasteiger charge is 2.07. The van der Waals surface area contributed by atoms with Gasteiger partial charge in [-0.15, -0.1) is 0 Å². The summed E-state index contributed by atoms with van der Waals surface area (Å²) in [5.41, 5.74) is 1.99. The van der Waals surface area contributed by atoms with Crippen LogP contribution in [0, 0.1) is 0 Å². The molecule has 0 aromatic heterocycles. The average Bonchev–Trinajstić information content (AvgIpc) is 2.65. The van der Waals surface area contributed by atoms with Crippen molar-refractivity contribution >= 4 is 12.0 Å². The van der Waals surface area contributed by atoms with E-state index in [1.807, 2.05) is 48.5 Å². The molecule has 0 N–H and O–H groups in total. The Labute approximate surface area is 149 Å². The van der Waals surface area contributed by atoms with Crippen LogP contribution in [0.25, 0.3) is 6.08 Å². The molecule has 0 aliphatic heterocycles. The van der Waals surface area contributed by atoms with E-state index in [1.54, 1.807) is 31.2 Å². The minimum atomic E-state index is -0.0471. The van der Waals surface area contributed by atoms with Crippen LogP contribution in [0.1, 0.15) is 24.5 Å². The monoisotopic (exact) mass is 339 g/mol. The Morgan fingerprint density at radius 3 is 2.56 bits per heavy atom. The Kier molecular flexibility index (Phi) is 7.08. The van der Waals surface area contributed by atoms with Crippen LogP contribution in [0.4, 0.5) is 0 Å². The Morgan fingerprint density at radius 1 is 1.12 bits per heavy atom. The molecule has 2 rings (SSSR count). The molecule has 2 aromatic carbocycles. The topological polar surface area (TPSA) is 38.8 Å². The van der Waals surface area contributed by atoms with Crippen LogP contribution < -0.4 is 9.47 Å². The minimum Gasteiger partial charge on any atom is -0.493 e. The average molecular weight is 339 g/mol. The Hall–Kier alpha value is -2.75. The molecule has 0 atom stereocenters. The van der Waals surface area contributed by atoms with Gasteiger partial charge in [-0.25, -0.2) is 0 Å². The van der Waals surface area contributed by atoms with Crippen LogP contribution in [-0.4, -0.2) is 31.6 Å². The number of carbonyl (C=O) groups is 1. The van der Waals surface area contributed by atoms with Crippen molar-refractivity contribution in [3.63, 3.8) is 0 Å². The molecule has 0 spiro atoms. The predicted octanol–water partition coefficient (Wildman–Crippen LogP) is 4.16. The van der Waals surface area contributed by atoms with Crippen molar-refractivity contribution in [2.75, 3.05) is 20.8 Å². The number of hydrogen-bond acceptors (Lipinski definition) is 3. The molecule has 0 aliphatic carbocycles. The first-order chi connectivity index (χ1) is 12.1. The number of nitrogens with zero attached hydrogens (tertiary/aromatic N) is 1. The summed E-state index contributed by atoms with van der Waals surface area (Å²) in [5.74, 6) is 1.34. The molecule has 4 nitrogen and oxygen atoms in total. The van der Waals surface area contributed by atoms with E-state index in [1.165, 1.54) is 0 Å². The lowest BCUT2D eigenvalue weighted by atomic mass is 10.1. The van der Waals surface area contributed by atoms with Crippen LogP contribution in [0.15, 0.2) is 54.6 Å². The zero-order chi connectivity index (χ0) is 18.1. The second-order valence-corrected chi connectivity index (χ2v) is 5.77. The molecule has 2 aromatic rings. The summed E-state index contributed by atoms with van der Waals surface area (Å²) in [6, 6.07) is 15.6. The summed E-state index contributed by atoms with van der Waals surface area (Å²) >= 11 is 0. The Balaban J connectivity index is 2.01. The Bertz CT molecular complexity index is 710. The zero-order valence-corrected chi connectivity index (χ0v) is 15.1. The molecule has 4 heteroatoms. The van der Waals surface area contributed by atoms with Crippen molar-refractivity contribution in [3.8, 4) is 11.5 Å². The highest BCUT2D eigenvalue weighted by atomic mass is 16.5. The fourth-order valence-corrected chi connectivity index (χ4v) is 2.35. The van der Waals surface area contributed by atoms with Gasteiger partial charge in [0.2, 0.25) is 5.91 Å². The number of benzene rings is 2. The molecule has 0 fully saturated rings. The number of hydrogen-bond donors (Lipinski definition) is 0. The van der Waals surface area contributed by atoms with Crippen molar-refractivity contribution in [1.82, 2.24) is 4.90 Å². The van der Waals surface area contributed by atoms with Crippen molar-refractivity contribution in [2.24, 2.45) is 0 Å². The molecular formula is C21H25NO3. The van der Waals surface area contributed by atoms with Gasteiger partial charge in [-0.3, -0.25) is 4.79 Å². The second-order valence-electron chi connectivity index (χ2n) is 5.77. The molecule has 0 radical (unpaired) electrons. The third-order valence-corrected chi connectivity index (χ3v) is 3.71. The van der Waals surface area contributed by atoms with Gasteiger partial charge in [0, 0.05) is 19.7 Å². The predicted molar refractivity (Wildman–Crippen MR) is 101 cm³/mol. The first kappa shape index (κ1) is 18.6. The van der Waals surface area contributed by atoms with Gasteiger partial charge in [-0.05, 0) is 35.8 Å². The van der Waals surface area contributed by atoms with Crippen molar-refractivity contribution in [3.05, 3.63) is 65.7 Å². The lowest BCUT2D eigenvalue weighted by Crippen LogP contribution is -2.24. The van der Waals surface area contributed by atoms with E-state index in [2.05, 4.69) is 6.92 Å². The van der Waals surface area contributed by atoms with Gasteiger partial charge in [0.05, 0.1) is 13.7 Å². The van der Waals surface area contributed by atoms with Crippen LogP contribution in [0.5, 0.6) is 11.5 Å². The lowest BCUT2D eigenvalue weighted by Gasteiger charge is -2.15. The summed E-state index contributed by atoms with van der Waals surface area (Å²) in [7, 11) is 3.41. The molecule has 0 bridgehead atoms. The molecule has 0 heterocycles. The van der Waals surface area contributed by atoms with Crippen molar-refractivity contribution < 1.29 is 14.3 Å². The highest BCUT2D eigenvalue weighted by molar-refractivity contribution is 5.91. The molecule has 0 unspecified atom stereocenters. The van der Waals surface area contributed by atoms with Gasteiger partial charge >= 0.3 is 0 Å². The van der Waals surface area contributed by atoms with Crippen LogP contribution in [-0.2, 0) is 11.3 Å². The summed E-state index contributed by atoms with van der Waals surface area (Å²) in [5, 5.41) is 0. The van der Waals surface area contributed by atoms with Gasteiger partial charge in [0.15, 0.2) is 11.5 Å². The van der Waals surface area contributed by atoms with E-state index in [0.29, 0.717) is 24.7 Å². The smallest absolute Gasteiger partial charge is 0.246 e. The summed E-state index contributed by atoms with van der Waals surface area (Å²) in [6.07, 6.45) is 4.30. The van der Waals surface area contributed by atoms with Gasteiger partial charge in [-0.2, -0.15) is 0 Å². The largest absolute Gasteiger partial charge is 0.493 e. The molecule has 0 saturated carbocycles. The molecule has 0 aliphatic rings. The summed E-state index contributed by atoms with van der Waals surface area (Å²) in [6.45, 7) is 3.28. The van der Waals surface area contributed by atoms with Crippen LogP contribution >= 0.6 is 0 Å². The van der Waals surface area contributed by atoms with Crippen molar-refractivity contribution in [2.45, 2.75) is 19.9 Å². The van der Waals surface area contributed by atoms with Gasteiger partial charge < -0.3 is 14.4 Å². The summed E-state index contributed by atoms with van der Waals surface area (Å²) in [4.78, 5) is 13.9. The molecular weight excluding hydrogens is 314 g/mol. The zero-order valence-electron chi connectivity index (χ0n) is 15.1. The van der Waals surface area contributed by atoms with Gasteiger partial charge in [0.25, 0.3) is 0 Å². The molecule has 132 valence electrons. The van der Waals surface area contributed by atoms with E-state index in [4.69, 9.17) is 9.47 Å². The van der Waals surface area contributed by atoms with Crippen LogP contribution in [0.2, 0.25) is 0 Å². The number of methoxy groups -OCH3 is 1. The van der Waals surface area contributed by atoms with Gasteiger partial charge in [0.1, 0.15) is 0 Å². The first-order valence-electron chi connectivity index (χ1n) is 8.42. The van der Waals surface area contributed by atoms with E-state index >= 15 is 0 Å².